The zero-order chi connectivity index (χ0) is 34.8. The third kappa shape index (κ3) is 10.7. The molecule has 0 unspecified atom stereocenters. The van der Waals surface area contributed by atoms with E-state index in [1.165, 1.54) is 0 Å². The summed E-state index contributed by atoms with van der Waals surface area (Å²) < 4.78 is 5.34. The number of rotatable bonds is 9. The topological polar surface area (TPSA) is 173 Å². The quantitative estimate of drug-likeness (QED) is 0.123. The van der Waals surface area contributed by atoms with E-state index >= 15 is 0 Å². The van der Waals surface area contributed by atoms with Crippen molar-refractivity contribution in [3.63, 3.8) is 0 Å². The molecule has 0 saturated heterocycles. The van der Waals surface area contributed by atoms with E-state index < -0.39 is 17.7 Å². The molecule has 0 spiro atoms. The van der Waals surface area contributed by atoms with Crippen molar-refractivity contribution in [3.8, 4) is 22.3 Å². The maximum atomic E-state index is 12.2. The van der Waals surface area contributed by atoms with Gasteiger partial charge in [-0.15, -0.1) is 20.4 Å². The number of hydrogen-bond donors (Lipinski definition) is 4. The summed E-state index contributed by atoms with van der Waals surface area (Å²) in [6.07, 6.45) is 0.627. The van der Waals surface area contributed by atoms with Gasteiger partial charge in [0.1, 0.15) is 11.6 Å². The number of nitrogens with zero attached hydrogens (tertiary/aromatic N) is 6. The van der Waals surface area contributed by atoms with Crippen molar-refractivity contribution in [2.45, 2.75) is 51.3 Å². The maximum absolute atomic E-state index is 12.2. The predicted molar refractivity (Wildman–Crippen MR) is 189 cm³/mol. The number of tetrazole rings is 2. The minimum atomic E-state index is -0.593. The Balaban J connectivity index is 0.000000199. The van der Waals surface area contributed by atoms with Crippen LogP contribution in [0.4, 0.5) is 4.79 Å². The summed E-state index contributed by atoms with van der Waals surface area (Å²) in [5.74, 6) is 0.915. The molecule has 2 aromatic heterocycles. The zero-order valence-electron chi connectivity index (χ0n) is 27.1. The predicted octanol–water partition coefficient (Wildman–Crippen LogP) is 7.09. The van der Waals surface area contributed by atoms with Crippen LogP contribution in [0, 0.1) is 0 Å². The Morgan fingerprint density at radius 3 is 1.67 bits per heavy atom. The van der Waals surface area contributed by atoms with E-state index in [1.807, 2.05) is 93.6 Å². The second kappa shape index (κ2) is 16.3. The van der Waals surface area contributed by atoms with Crippen LogP contribution < -0.4 is 11.1 Å². The average molecular weight is 700 g/mol. The summed E-state index contributed by atoms with van der Waals surface area (Å²) >= 11 is 12.1. The highest BCUT2D eigenvalue weighted by Gasteiger charge is 2.23. The van der Waals surface area contributed by atoms with Gasteiger partial charge in [0.25, 0.3) is 0 Å². The van der Waals surface area contributed by atoms with E-state index in [9.17, 15) is 4.79 Å². The van der Waals surface area contributed by atoms with Gasteiger partial charge in [0.2, 0.25) is 0 Å². The Bertz CT molecular complexity index is 1910. The van der Waals surface area contributed by atoms with Crippen molar-refractivity contribution in [3.05, 3.63) is 130 Å². The minimum absolute atomic E-state index is 0.263. The third-order valence-corrected chi connectivity index (χ3v) is 7.65. The smallest absolute Gasteiger partial charge is 0.408 e. The molecule has 0 aliphatic heterocycles. The highest BCUT2D eigenvalue weighted by Crippen LogP contribution is 2.26. The number of hydrogen-bond acceptors (Lipinski definition) is 9. The van der Waals surface area contributed by atoms with E-state index in [4.69, 9.17) is 33.7 Å². The molecule has 0 aliphatic rings. The molecule has 0 radical (unpaired) electrons. The first-order chi connectivity index (χ1) is 23.5. The van der Waals surface area contributed by atoms with Gasteiger partial charge in [0, 0.05) is 16.5 Å². The summed E-state index contributed by atoms with van der Waals surface area (Å²) in [7, 11) is 0. The first-order valence-electron chi connectivity index (χ1n) is 15.4. The second-order valence-electron chi connectivity index (χ2n) is 12.2. The standard InChI is InChI=1S/C20H22ClN5O2.C15H14ClN5/c1-20(2,3)28-19(27)22-17(18-23-25-26-24-18)11-13-7-9-14(10-8-13)15-5-4-6-16(21)12-15;16-13-3-1-2-12(9-13)11-6-4-10(5-7-11)8-14(17)15-18-20-21-19-15/h4-10,12,17H,11H2,1-3H3,(H,22,27)(H,23,24,25,26);1-7,9,14H,8,17H2,(H,18,19,20,21)/t17-;14-/m00/s1. The molecule has 4 aromatic carbocycles. The van der Waals surface area contributed by atoms with E-state index in [1.54, 1.807) is 0 Å². The molecular weight excluding hydrogens is 663 g/mol. The number of aromatic amines is 2. The van der Waals surface area contributed by atoms with Crippen LogP contribution in [0.15, 0.2) is 97.1 Å². The lowest BCUT2D eigenvalue weighted by molar-refractivity contribution is 0.0501. The molecule has 2 heterocycles. The molecule has 0 fully saturated rings. The number of nitrogens with one attached hydrogen (secondary N) is 3. The Hall–Kier alpha value is -5.17. The lowest BCUT2D eigenvalue weighted by Crippen LogP contribution is -2.36. The van der Waals surface area contributed by atoms with E-state index in [-0.39, 0.29) is 6.04 Å². The number of halogens is 2. The van der Waals surface area contributed by atoms with Crippen LogP contribution in [-0.4, -0.2) is 52.9 Å². The summed E-state index contributed by atoms with van der Waals surface area (Å²) in [6, 6.07) is 31.0. The largest absolute Gasteiger partial charge is 0.444 e. The van der Waals surface area contributed by atoms with Crippen molar-refractivity contribution in [2.75, 3.05) is 0 Å². The number of alkyl carbamates (subject to hydrolysis) is 1. The van der Waals surface area contributed by atoms with Crippen LogP contribution in [0.25, 0.3) is 22.3 Å². The van der Waals surface area contributed by atoms with Crippen molar-refractivity contribution in [1.29, 1.82) is 0 Å². The van der Waals surface area contributed by atoms with Crippen molar-refractivity contribution < 1.29 is 9.53 Å². The fraction of sp³-hybridized carbons (Fsp3) is 0.229. The molecule has 252 valence electrons. The van der Waals surface area contributed by atoms with Crippen LogP contribution >= 0.6 is 23.2 Å². The Morgan fingerprint density at radius 2 is 1.22 bits per heavy atom. The van der Waals surface area contributed by atoms with Crippen LogP contribution in [0.5, 0.6) is 0 Å². The zero-order valence-corrected chi connectivity index (χ0v) is 28.7. The van der Waals surface area contributed by atoms with Gasteiger partial charge < -0.3 is 15.8 Å². The highest BCUT2D eigenvalue weighted by atomic mass is 35.5. The third-order valence-electron chi connectivity index (χ3n) is 7.18. The number of nitrogens with two attached hydrogens (primary N) is 1. The Kier molecular flexibility index (Phi) is 11.7. The van der Waals surface area contributed by atoms with Gasteiger partial charge in [0.15, 0.2) is 11.6 Å². The normalized spacial score (nSPS) is 12.4. The molecule has 12 nitrogen and oxygen atoms in total. The molecule has 6 rings (SSSR count). The molecule has 5 N–H and O–H groups in total. The van der Waals surface area contributed by atoms with Gasteiger partial charge in [-0.3, -0.25) is 0 Å². The van der Waals surface area contributed by atoms with E-state index in [2.05, 4.69) is 70.8 Å². The van der Waals surface area contributed by atoms with Crippen molar-refractivity contribution in [2.24, 2.45) is 5.73 Å². The van der Waals surface area contributed by atoms with Crippen LogP contribution in [0.2, 0.25) is 10.0 Å². The number of carbonyl (C=O) groups is 1. The van der Waals surface area contributed by atoms with Crippen molar-refractivity contribution in [1.82, 2.24) is 46.6 Å². The van der Waals surface area contributed by atoms with E-state index in [0.29, 0.717) is 29.5 Å². The lowest BCUT2D eigenvalue weighted by Gasteiger charge is -2.22. The first-order valence-corrected chi connectivity index (χ1v) is 16.2. The molecule has 14 heteroatoms. The lowest BCUT2D eigenvalue weighted by atomic mass is 10.0. The van der Waals surface area contributed by atoms with Gasteiger partial charge in [-0.1, -0.05) is 106 Å². The Labute approximate surface area is 293 Å². The molecular formula is C35H36Cl2N10O2. The number of ether oxygens (including phenoxy) is 1. The minimum Gasteiger partial charge on any atom is -0.444 e. The molecule has 1 amide bonds. The summed E-state index contributed by atoms with van der Waals surface area (Å²) in [5.41, 5.74) is 11.9. The fourth-order valence-corrected chi connectivity index (χ4v) is 5.26. The summed E-state index contributed by atoms with van der Waals surface area (Å²) in [4.78, 5) is 12.2. The molecule has 0 aliphatic carbocycles. The summed E-state index contributed by atoms with van der Waals surface area (Å²) in [6.45, 7) is 5.43. The second-order valence-corrected chi connectivity index (χ2v) is 13.0. The Morgan fingerprint density at radius 1 is 0.735 bits per heavy atom. The molecule has 2 atom stereocenters. The van der Waals surface area contributed by atoms with Crippen LogP contribution in [0.3, 0.4) is 0 Å². The van der Waals surface area contributed by atoms with Gasteiger partial charge in [0.05, 0.1) is 6.04 Å². The van der Waals surface area contributed by atoms with Gasteiger partial charge in [-0.25, -0.2) is 4.79 Å². The van der Waals surface area contributed by atoms with Gasteiger partial charge in [-0.05, 0) is 84.8 Å². The SMILES string of the molecule is CC(C)(C)OC(=O)N[C@@H](Cc1ccc(-c2cccc(Cl)c2)cc1)c1nn[nH]n1.N[C@@H](Cc1ccc(-c2cccc(Cl)c2)cc1)c1nn[nH]n1. The average Bonchev–Trinajstić information content (AvgIpc) is 3.81. The highest BCUT2D eigenvalue weighted by molar-refractivity contribution is 6.31. The molecule has 6 aromatic rings. The number of amides is 1. The fourth-order valence-electron chi connectivity index (χ4n) is 4.88. The molecule has 49 heavy (non-hydrogen) atoms. The molecule has 0 bridgehead atoms. The number of aromatic nitrogens is 8. The number of H-pyrrole nitrogens is 2. The van der Waals surface area contributed by atoms with Crippen molar-refractivity contribution >= 4 is 29.3 Å². The first kappa shape index (κ1) is 35.1. The maximum Gasteiger partial charge on any atom is 0.408 e. The number of benzene rings is 4. The summed E-state index contributed by atoms with van der Waals surface area (Å²) in [5, 5.41) is 32.0. The van der Waals surface area contributed by atoms with Crippen LogP contribution in [0.1, 0.15) is 55.6 Å². The molecule has 0 saturated carbocycles. The number of carbonyl (C=O) groups excluding carboxylic acids is 1. The van der Waals surface area contributed by atoms with Gasteiger partial charge in [-0.2, -0.15) is 10.4 Å². The monoisotopic (exact) mass is 698 g/mol. The van der Waals surface area contributed by atoms with Gasteiger partial charge >= 0.3 is 6.09 Å². The van der Waals surface area contributed by atoms with Crippen LogP contribution in [-0.2, 0) is 17.6 Å². The van der Waals surface area contributed by atoms with E-state index in [0.717, 1.165) is 38.4 Å².